The maximum Gasteiger partial charge on any atom is 0.410 e. The maximum atomic E-state index is 12.0. The molecule has 126 valence electrons. The summed E-state index contributed by atoms with van der Waals surface area (Å²) in [6.45, 7) is 6.53. The largest absolute Gasteiger partial charge is 0.508 e. The Balaban J connectivity index is 2.03. The van der Waals surface area contributed by atoms with E-state index >= 15 is 0 Å². The number of phenols is 1. The molecule has 0 unspecified atom stereocenters. The Bertz CT molecular complexity index is 597. The van der Waals surface area contributed by atoms with Crippen LogP contribution in [0.4, 0.5) is 4.79 Å². The van der Waals surface area contributed by atoms with E-state index in [-0.39, 0.29) is 23.3 Å². The lowest BCUT2D eigenvalue weighted by molar-refractivity contribution is 0.0204. The Labute approximate surface area is 135 Å². The number of nitrogens with zero attached hydrogens (tertiary/aromatic N) is 1. The standard InChI is InChI=1S/C17H23NO5/c1-17(2,3)23-16(22)18-8-6-11(7-9-18)13-10-12(15(20)21)4-5-14(13)19/h4-5,10-11,19H,6-9H2,1-3H3,(H,20,21). The van der Waals surface area contributed by atoms with Crippen molar-refractivity contribution < 1.29 is 24.5 Å². The van der Waals surface area contributed by atoms with Gasteiger partial charge in [-0.3, -0.25) is 0 Å². The fraction of sp³-hybridized carbons (Fsp3) is 0.529. The lowest BCUT2D eigenvalue weighted by Gasteiger charge is -2.33. The molecule has 1 fully saturated rings. The molecule has 1 amide bonds. The zero-order valence-corrected chi connectivity index (χ0v) is 13.7. The second-order valence-corrected chi connectivity index (χ2v) is 6.82. The number of benzene rings is 1. The molecule has 1 aromatic rings. The maximum absolute atomic E-state index is 12.0. The summed E-state index contributed by atoms with van der Waals surface area (Å²) in [6, 6.07) is 4.32. The molecule has 0 spiro atoms. The lowest BCUT2D eigenvalue weighted by atomic mass is 9.88. The van der Waals surface area contributed by atoms with Crippen molar-refractivity contribution >= 4 is 12.1 Å². The van der Waals surface area contributed by atoms with Crippen LogP contribution in [0.1, 0.15) is 55.5 Å². The Hall–Kier alpha value is -2.24. The van der Waals surface area contributed by atoms with E-state index in [1.165, 1.54) is 18.2 Å². The molecule has 0 radical (unpaired) electrons. The van der Waals surface area contributed by atoms with Crippen LogP contribution in [-0.4, -0.2) is 45.9 Å². The average molecular weight is 321 g/mol. The highest BCUT2D eigenvalue weighted by atomic mass is 16.6. The van der Waals surface area contributed by atoms with Crippen LogP contribution in [-0.2, 0) is 4.74 Å². The number of carbonyl (C=O) groups is 2. The monoisotopic (exact) mass is 321 g/mol. The molecule has 1 saturated heterocycles. The minimum Gasteiger partial charge on any atom is -0.508 e. The van der Waals surface area contributed by atoms with Gasteiger partial charge in [0.15, 0.2) is 0 Å². The van der Waals surface area contributed by atoms with E-state index < -0.39 is 11.6 Å². The van der Waals surface area contributed by atoms with Gasteiger partial charge in [-0.05, 0) is 63.3 Å². The zero-order valence-electron chi connectivity index (χ0n) is 13.7. The molecule has 0 aliphatic carbocycles. The molecular formula is C17H23NO5. The van der Waals surface area contributed by atoms with Crippen LogP contribution in [0.3, 0.4) is 0 Å². The van der Waals surface area contributed by atoms with Crippen molar-refractivity contribution in [3.63, 3.8) is 0 Å². The number of hydrogen-bond donors (Lipinski definition) is 2. The van der Waals surface area contributed by atoms with E-state index in [9.17, 15) is 14.7 Å². The number of amides is 1. The van der Waals surface area contributed by atoms with Gasteiger partial charge >= 0.3 is 12.1 Å². The van der Waals surface area contributed by atoms with Gasteiger partial charge in [0.1, 0.15) is 11.4 Å². The van der Waals surface area contributed by atoms with Crippen LogP contribution in [0.25, 0.3) is 0 Å². The zero-order chi connectivity index (χ0) is 17.2. The number of rotatable bonds is 2. The van der Waals surface area contributed by atoms with Gasteiger partial charge in [0, 0.05) is 13.1 Å². The Kier molecular flexibility index (Phi) is 4.82. The van der Waals surface area contributed by atoms with Crippen molar-refractivity contribution in [1.82, 2.24) is 4.90 Å². The van der Waals surface area contributed by atoms with Crippen LogP contribution >= 0.6 is 0 Å². The predicted molar refractivity (Wildman–Crippen MR) is 84.8 cm³/mol. The van der Waals surface area contributed by atoms with Crippen molar-refractivity contribution in [2.45, 2.75) is 45.1 Å². The van der Waals surface area contributed by atoms with Gasteiger partial charge in [-0.25, -0.2) is 9.59 Å². The highest BCUT2D eigenvalue weighted by Gasteiger charge is 2.28. The molecule has 0 aromatic heterocycles. The number of ether oxygens (including phenoxy) is 1. The molecule has 0 saturated carbocycles. The Morgan fingerprint density at radius 3 is 2.35 bits per heavy atom. The molecule has 1 aromatic carbocycles. The summed E-state index contributed by atoms with van der Waals surface area (Å²) in [6.07, 6.45) is 0.991. The minimum atomic E-state index is -1.02. The third kappa shape index (κ3) is 4.37. The van der Waals surface area contributed by atoms with Crippen molar-refractivity contribution in [3.8, 4) is 5.75 Å². The first-order valence-electron chi connectivity index (χ1n) is 7.71. The van der Waals surface area contributed by atoms with E-state index in [4.69, 9.17) is 9.84 Å². The van der Waals surface area contributed by atoms with Crippen LogP contribution in [0.2, 0.25) is 0 Å². The van der Waals surface area contributed by atoms with Gasteiger partial charge in [-0.2, -0.15) is 0 Å². The minimum absolute atomic E-state index is 0.0352. The summed E-state index contributed by atoms with van der Waals surface area (Å²) in [5.41, 5.74) is 0.267. The summed E-state index contributed by atoms with van der Waals surface area (Å²) in [5.74, 6) is -0.879. The van der Waals surface area contributed by atoms with Gasteiger partial charge in [-0.1, -0.05) is 0 Å². The smallest absolute Gasteiger partial charge is 0.410 e. The number of aromatic carboxylic acids is 1. The van der Waals surface area contributed by atoms with Gasteiger partial charge in [0.25, 0.3) is 0 Å². The van der Waals surface area contributed by atoms with Crippen LogP contribution in [0.5, 0.6) is 5.75 Å². The topological polar surface area (TPSA) is 87.1 Å². The van der Waals surface area contributed by atoms with Gasteiger partial charge in [-0.15, -0.1) is 0 Å². The highest BCUT2D eigenvalue weighted by Crippen LogP contribution is 2.34. The van der Waals surface area contributed by atoms with Crippen LogP contribution < -0.4 is 0 Å². The SMILES string of the molecule is CC(C)(C)OC(=O)N1CCC(c2cc(C(=O)O)ccc2O)CC1. The Morgan fingerprint density at radius 1 is 1.22 bits per heavy atom. The highest BCUT2D eigenvalue weighted by molar-refractivity contribution is 5.88. The quantitative estimate of drug-likeness (QED) is 0.873. The molecule has 0 atom stereocenters. The molecule has 1 aliphatic rings. The number of carboxylic acids is 1. The molecule has 2 N–H and O–H groups in total. The first-order chi connectivity index (χ1) is 10.7. The molecule has 2 rings (SSSR count). The summed E-state index contributed by atoms with van der Waals surface area (Å²) >= 11 is 0. The summed E-state index contributed by atoms with van der Waals surface area (Å²) < 4.78 is 5.35. The van der Waals surface area contributed by atoms with Crippen LogP contribution in [0, 0.1) is 0 Å². The number of likely N-dealkylation sites (tertiary alicyclic amines) is 1. The molecule has 1 heterocycles. The number of aromatic hydroxyl groups is 1. The van der Waals surface area contributed by atoms with Crippen molar-refractivity contribution in [2.75, 3.05) is 13.1 Å². The van der Waals surface area contributed by atoms with Crippen molar-refractivity contribution in [1.29, 1.82) is 0 Å². The summed E-state index contributed by atoms with van der Waals surface area (Å²) in [5, 5.41) is 19.1. The van der Waals surface area contributed by atoms with E-state index in [1.54, 1.807) is 4.90 Å². The van der Waals surface area contributed by atoms with Crippen LogP contribution in [0.15, 0.2) is 18.2 Å². The molecule has 23 heavy (non-hydrogen) atoms. The second-order valence-electron chi connectivity index (χ2n) is 6.82. The van der Waals surface area contributed by atoms with Crippen molar-refractivity contribution in [3.05, 3.63) is 29.3 Å². The fourth-order valence-corrected chi connectivity index (χ4v) is 2.71. The Morgan fingerprint density at radius 2 is 1.83 bits per heavy atom. The molecule has 0 bridgehead atoms. The van der Waals surface area contributed by atoms with E-state index in [0.29, 0.717) is 31.5 Å². The van der Waals surface area contributed by atoms with Gasteiger partial charge in [0.05, 0.1) is 5.56 Å². The molecule has 6 heteroatoms. The third-order valence-electron chi connectivity index (χ3n) is 3.86. The van der Waals surface area contributed by atoms with Gasteiger partial charge < -0.3 is 19.8 Å². The van der Waals surface area contributed by atoms with E-state index in [2.05, 4.69) is 0 Å². The average Bonchev–Trinajstić information content (AvgIpc) is 2.46. The first kappa shape index (κ1) is 17.1. The van der Waals surface area contributed by atoms with Gasteiger partial charge in [0.2, 0.25) is 0 Å². The second kappa shape index (κ2) is 6.48. The number of carboxylic acid groups (broad SMARTS) is 1. The predicted octanol–water partition coefficient (Wildman–Crippen LogP) is 3.20. The number of phenolic OH excluding ortho intramolecular Hbond substituents is 1. The van der Waals surface area contributed by atoms with E-state index in [1.807, 2.05) is 20.8 Å². The summed E-state index contributed by atoms with van der Waals surface area (Å²) in [7, 11) is 0. The normalized spacial score (nSPS) is 16.2. The first-order valence-corrected chi connectivity index (χ1v) is 7.71. The molecule has 1 aliphatic heterocycles. The third-order valence-corrected chi connectivity index (χ3v) is 3.86. The van der Waals surface area contributed by atoms with Crippen molar-refractivity contribution in [2.24, 2.45) is 0 Å². The number of piperidine rings is 1. The van der Waals surface area contributed by atoms with E-state index in [0.717, 1.165) is 0 Å². The molecular weight excluding hydrogens is 298 g/mol. The molecule has 6 nitrogen and oxygen atoms in total. The summed E-state index contributed by atoms with van der Waals surface area (Å²) in [4.78, 5) is 24.8. The lowest BCUT2D eigenvalue weighted by Crippen LogP contribution is -2.41. The fourth-order valence-electron chi connectivity index (χ4n) is 2.71. The number of carbonyl (C=O) groups excluding carboxylic acids is 1. The number of hydrogen-bond acceptors (Lipinski definition) is 4.